The van der Waals surface area contributed by atoms with Gasteiger partial charge < -0.3 is 9.88 Å². The van der Waals surface area contributed by atoms with Crippen LogP contribution in [0.3, 0.4) is 0 Å². The lowest BCUT2D eigenvalue weighted by molar-refractivity contribution is 0.667. The molecule has 2 aromatic rings. The van der Waals surface area contributed by atoms with Crippen LogP contribution in [0, 0.1) is 0 Å². The van der Waals surface area contributed by atoms with E-state index in [0.29, 0.717) is 0 Å². The van der Waals surface area contributed by atoms with Crippen LogP contribution >= 0.6 is 0 Å². The van der Waals surface area contributed by atoms with Crippen molar-refractivity contribution in [3.63, 3.8) is 0 Å². The van der Waals surface area contributed by atoms with Gasteiger partial charge in [-0.15, -0.1) is 0 Å². The SMILES string of the molecule is CCNCc1nc2ncccc2n1C. The number of hydrogen-bond acceptors (Lipinski definition) is 3. The Kier molecular flexibility index (Phi) is 2.45. The van der Waals surface area contributed by atoms with Crippen LogP contribution in [0.4, 0.5) is 0 Å². The molecule has 0 aliphatic carbocycles. The Morgan fingerprint density at radius 1 is 1.50 bits per heavy atom. The molecule has 0 spiro atoms. The Bertz CT molecular complexity index is 433. The van der Waals surface area contributed by atoms with E-state index in [1.54, 1.807) is 6.20 Å². The normalized spacial score (nSPS) is 11.0. The molecule has 74 valence electrons. The first-order chi connectivity index (χ1) is 6.83. The number of rotatable bonds is 3. The maximum Gasteiger partial charge on any atom is 0.177 e. The zero-order valence-electron chi connectivity index (χ0n) is 8.49. The second kappa shape index (κ2) is 3.75. The maximum absolute atomic E-state index is 4.44. The Morgan fingerprint density at radius 2 is 2.36 bits per heavy atom. The first-order valence-corrected chi connectivity index (χ1v) is 4.80. The van der Waals surface area contributed by atoms with E-state index < -0.39 is 0 Å². The van der Waals surface area contributed by atoms with Gasteiger partial charge in [-0.1, -0.05) is 6.92 Å². The third-order valence-electron chi connectivity index (χ3n) is 2.28. The van der Waals surface area contributed by atoms with Gasteiger partial charge in [0.05, 0.1) is 12.1 Å². The predicted octanol–water partition coefficient (Wildman–Crippen LogP) is 1.08. The molecule has 4 nitrogen and oxygen atoms in total. The molecule has 0 saturated carbocycles. The Labute approximate surface area is 83.0 Å². The highest BCUT2D eigenvalue weighted by atomic mass is 15.1. The second-order valence-electron chi connectivity index (χ2n) is 3.21. The van der Waals surface area contributed by atoms with E-state index in [1.165, 1.54) is 0 Å². The van der Waals surface area contributed by atoms with E-state index in [1.807, 2.05) is 19.2 Å². The highest BCUT2D eigenvalue weighted by Crippen LogP contribution is 2.11. The Balaban J connectivity index is 2.41. The monoisotopic (exact) mass is 190 g/mol. The van der Waals surface area contributed by atoms with Crippen molar-refractivity contribution in [2.45, 2.75) is 13.5 Å². The molecule has 0 unspecified atom stereocenters. The van der Waals surface area contributed by atoms with Gasteiger partial charge in [0.2, 0.25) is 0 Å². The summed E-state index contributed by atoms with van der Waals surface area (Å²) in [7, 11) is 2.02. The molecule has 14 heavy (non-hydrogen) atoms. The molecular weight excluding hydrogens is 176 g/mol. The van der Waals surface area contributed by atoms with E-state index in [0.717, 1.165) is 30.1 Å². The predicted molar refractivity (Wildman–Crippen MR) is 55.9 cm³/mol. The van der Waals surface area contributed by atoms with Crippen LogP contribution in [0.5, 0.6) is 0 Å². The van der Waals surface area contributed by atoms with Crippen molar-refractivity contribution in [1.82, 2.24) is 19.9 Å². The summed E-state index contributed by atoms with van der Waals surface area (Å²) in [6.45, 7) is 3.83. The molecule has 0 amide bonds. The molecule has 2 rings (SSSR count). The van der Waals surface area contributed by atoms with Crippen LogP contribution < -0.4 is 5.32 Å². The van der Waals surface area contributed by atoms with Crippen molar-refractivity contribution in [2.24, 2.45) is 7.05 Å². The molecule has 0 bridgehead atoms. The van der Waals surface area contributed by atoms with Crippen LogP contribution in [0.2, 0.25) is 0 Å². The topological polar surface area (TPSA) is 42.7 Å². The van der Waals surface area contributed by atoms with Crippen molar-refractivity contribution < 1.29 is 0 Å². The van der Waals surface area contributed by atoms with Crippen LogP contribution in [0.1, 0.15) is 12.7 Å². The molecule has 2 heterocycles. The second-order valence-corrected chi connectivity index (χ2v) is 3.21. The van der Waals surface area contributed by atoms with Gasteiger partial charge in [-0.2, -0.15) is 0 Å². The smallest absolute Gasteiger partial charge is 0.177 e. The lowest BCUT2D eigenvalue weighted by atomic mass is 10.4. The zero-order chi connectivity index (χ0) is 9.97. The first-order valence-electron chi connectivity index (χ1n) is 4.80. The van der Waals surface area contributed by atoms with Crippen LogP contribution in [0.15, 0.2) is 18.3 Å². The highest BCUT2D eigenvalue weighted by Gasteiger charge is 2.06. The van der Waals surface area contributed by atoms with Gasteiger partial charge in [0.25, 0.3) is 0 Å². The van der Waals surface area contributed by atoms with Crippen molar-refractivity contribution in [3.05, 3.63) is 24.2 Å². The number of imidazole rings is 1. The summed E-state index contributed by atoms with van der Waals surface area (Å²) in [6, 6.07) is 3.96. The van der Waals surface area contributed by atoms with E-state index in [2.05, 4.69) is 26.8 Å². The van der Waals surface area contributed by atoms with Gasteiger partial charge in [-0.25, -0.2) is 9.97 Å². The molecule has 2 aromatic heterocycles. The summed E-state index contributed by atoms with van der Waals surface area (Å²) in [5, 5.41) is 3.26. The summed E-state index contributed by atoms with van der Waals surface area (Å²) in [4.78, 5) is 8.65. The van der Waals surface area contributed by atoms with Crippen molar-refractivity contribution in [2.75, 3.05) is 6.54 Å². The molecule has 0 saturated heterocycles. The zero-order valence-corrected chi connectivity index (χ0v) is 8.49. The number of aromatic nitrogens is 3. The molecule has 0 fully saturated rings. The van der Waals surface area contributed by atoms with Crippen LogP contribution in [0.25, 0.3) is 11.2 Å². The molecule has 0 aliphatic rings. The number of aryl methyl sites for hydroxylation is 1. The number of pyridine rings is 1. The first kappa shape index (κ1) is 9.15. The summed E-state index contributed by atoms with van der Waals surface area (Å²) >= 11 is 0. The molecule has 0 aliphatic heterocycles. The molecule has 4 heteroatoms. The summed E-state index contributed by atoms with van der Waals surface area (Å²) in [6.07, 6.45) is 1.77. The van der Waals surface area contributed by atoms with Crippen LogP contribution in [-0.2, 0) is 13.6 Å². The van der Waals surface area contributed by atoms with Gasteiger partial charge in [-0.3, -0.25) is 0 Å². The molecule has 0 radical (unpaired) electrons. The van der Waals surface area contributed by atoms with E-state index in [-0.39, 0.29) is 0 Å². The van der Waals surface area contributed by atoms with E-state index in [4.69, 9.17) is 0 Å². The minimum atomic E-state index is 0.795. The van der Waals surface area contributed by atoms with E-state index in [9.17, 15) is 0 Å². The molecule has 1 N–H and O–H groups in total. The largest absolute Gasteiger partial charge is 0.329 e. The van der Waals surface area contributed by atoms with Crippen molar-refractivity contribution in [1.29, 1.82) is 0 Å². The third kappa shape index (κ3) is 1.48. The van der Waals surface area contributed by atoms with Gasteiger partial charge in [0.1, 0.15) is 5.82 Å². The fraction of sp³-hybridized carbons (Fsp3) is 0.400. The molecule has 0 aromatic carbocycles. The standard InChI is InChI=1S/C10H14N4/c1-3-11-7-9-13-10-8(14(9)2)5-4-6-12-10/h4-6,11H,3,7H2,1-2H3. The Morgan fingerprint density at radius 3 is 3.07 bits per heavy atom. The molecule has 0 atom stereocenters. The van der Waals surface area contributed by atoms with Gasteiger partial charge in [0, 0.05) is 13.2 Å². The quantitative estimate of drug-likeness (QED) is 0.787. The minimum Gasteiger partial charge on any atom is -0.329 e. The van der Waals surface area contributed by atoms with Gasteiger partial charge >= 0.3 is 0 Å². The summed E-state index contributed by atoms with van der Waals surface area (Å²) in [5.74, 6) is 1.03. The minimum absolute atomic E-state index is 0.795. The number of hydrogen-bond donors (Lipinski definition) is 1. The third-order valence-corrected chi connectivity index (χ3v) is 2.28. The maximum atomic E-state index is 4.44. The fourth-order valence-electron chi connectivity index (χ4n) is 1.47. The number of nitrogens with zero attached hydrogens (tertiary/aromatic N) is 3. The summed E-state index contributed by atoms with van der Waals surface area (Å²) in [5.41, 5.74) is 1.91. The van der Waals surface area contributed by atoms with Gasteiger partial charge in [-0.05, 0) is 18.7 Å². The number of nitrogens with one attached hydrogen (secondary N) is 1. The lowest BCUT2D eigenvalue weighted by Crippen LogP contribution is -2.15. The number of fused-ring (bicyclic) bond motifs is 1. The Hall–Kier alpha value is -1.42. The van der Waals surface area contributed by atoms with Gasteiger partial charge in [0.15, 0.2) is 5.65 Å². The average molecular weight is 190 g/mol. The average Bonchev–Trinajstić information content (AvgIpc) is 2.54. The van der Waals surface area contributed by atoms with Crippen LogP contribution in [-0.4, -0.2) is 21.1 Å². The fourth-order valence-corrected chi connectivity index (χ4v) is 1.47. The summed E-state index contributed by atoms with van der Waals surface area (Å²) < 4.78 is 2.07. The lowest BCUT2D eigenvalue weighted by Gasteiger charge is -2.01. The molecular formula is C10H14N4. The highest BCUT2D eigenvalue weighted by molar-refractivity contribution is 5.71. The van der Waals surface area contributed by atoms with Crippen molar-refractivity contribution in [3.8, 4) is 0 Å². The van der Waals surface area contributed by atoms with Crippen molar-refractivity contribution >= 4 is 11.2 Å². The van der Waals surface area contributed by atoms with E-state index >= 15 is 0 Å².